The van der Waals surface area contributed by atoms with Crippen LogP contribution in [0.3, 0.4) is 0 Å². The van der Waals surface area contributed by atoms with Gasteiger partial charge in [-0.25, -0.2) is 0 Å². The summed E-state index contributed by atoms with van der Waals surface area (Å²) < 4.78 is 44.8. The van der Waals surface area contributed by atoms with E-state index in [-0.39, 0.29) is 18.3 Å². The number of rotatable bonds is 4. The molecule has 1 N–H and O–H groups in total. The van der Waals surface area contributed by atoms with Crippen molar-refractivity contribution in [1.29, 1.82) is 0 Å². The fourth-order valence-corrected chi connectivity index (χ4v) is 3.54. The molecule has 1 aliphatic heterocycles. The van der Waals surface area contributed by atoms with Crippen molar-refractivity contribution in [3.63, 3.8) is 0 Å². The number of nitrogens with one attached hydrogen (secondary N) is 1. The number of hydrogen-bond donors (Lipinski definition) is 1. The minimum atomic E-state index is -4.35. The Morgan fingerprint density at radius 2 is 2.09 bits per heavy atom. The van der Waals surface area contributed by atoms with Crippen LogP contribution < -0.4 is 10.1 Å². The van der Waals surface area contributed by atoms with Gasteiger partial charge in [0.05, 0.1) is 12.7 Å². The summed E-state index contributed by atoms with van der Waals surface area (Å²) in [7, 11) is 1.43. The molecule has 0 aliphatic carbocycles. The van der Waals surface area contributed by atoms with Gasteiger partial charge in [0.15, 0.2) is 0 Å². The molecule has 126 valence electrons. The maximum atomic E-state index is 13.2. The Labute approximate surface area is 139 Å². The third-order valence-electron chi connectivity index (χ3n) is 3.67. The van der Waals surface area contributed by atoms with E-state index >= 15 is 0 Å². The highest BCUT2D eigenvalue weighted by molar-refractivity contribution is 7.99. The summed E-state index contributed by atoms with van der Waals surface area (Å²) in [6, 6.07) is 2.83. The van der Waals surface area contributed by atoms with Crippen LogP contribution in [0.4, 0.5) is 13.2 Å². The Kier molecular flexibility index (Phi) is 7.35. The van der Waals surface area contributed by atoms with Crippen molar-refractivity contribution < 1.29 is 17.9 Å². The van der Waals surface area contributed by atoms with Gasteiger partial charge in [0, 0.05) is 17.4 Å². The Morgan fingerprint density at radius 3 is 2.59 bits per heavy atom. The molecule has 0 spiro atoms. The fourth-order valence-electron chi connectivity index (χ4n) is 2.69. The smallest absolute Gasteiger partial charge is 0.417 e. The Bertz CT molecular complexity index is 490. The maximum Gasteiger partial charge on any atom is 0.417 e. The first kappa shape index (κ1) is 19.5. The van der Waals surface area contributed by atoms with Crippen LogP contribution in [-0.2, 0) is 6.18 Å². The molecular formula is C15H21ClF3NOS. The molecule has 0 saturated carbocycles. The summed E-state index contributed by atoms with van der Waals surface area (Å²) in [4.78, 5) is 0.298. The number of methoxy groups -OCH3 is 1. The van der Waals surface area contributed by atoms with Crippen molar-refractivity contribution in [2.75, 3.05) is 26.0 Å². The first-order valence-electron chi connectivity index (χ1n) is 7.10. The topological polar surface area (TPSA) is 21.3 Å². The minimum Gasteiger partial charge on any atom is -0.496 e. The van der Waals surface area contributed by atoms with Gasteiger partial charge in [0.2, 0.25) is 0 Å². The predicted molar refractivity (Wildman–Crippen MR) is 86.5 cm³/mol. The van der Waals surface area contributed by atoms with Crippen LogP contribution in [0.15, 0.2) is 17.0 Å². The van der Waals surface area contributed by atoms with Gasteiger partial charge in [-0.05, 0) is 42.8 Å². The lowest BCUT2D eigenvalue weighted by atomic mass is 9.90. The van der Waals surface area contributed by atoms with Crippen molar-refractivity contribution in [3.05, 3.63) is 23.3 Å². The van der Waals surface area contributed by atoms with Gasteiger partial charge >= 0.3 is 6.18 Å². The average molecular weight is 356 g/mol. The molecule has 1 heterocycles. The Morgan fingerprint density at radius 1 is 1.36 bits per heavy atom. The molecule has 0 radical (unpaired) electrons. The van der Waals surface area contributed by atoms with Gasteiger partial charge in [0.1, 0.15) is 5.75 Å². The van der Waals surface area contributed by atoms with Crippen LogP contribution in [0.2, 0.25) is 0 Å². The second-order valence-electron chi connectivity index (χ2n) is 5.06. The molecule has 0 unspecified atom stereocenters. The second-order valence-corrected chi connectivity index (χ2v) is 6.37. The van der Waals surface area contributed by atoms with Crippen LogP contribution in [0.25, 0.3) is 0 Å². The van der Waals surface area contributed by atoms with Gasteiger partial charge in [-0.3, -0.25) is 0 Å². The zero-order chi connectivity index (χ0) is 15.5. The molecular weight excluding hydrogens is 335 g/mol. The SMILES string of the molecule is CCSc1cc([C@H]2CCCNC2)c(OC)cc1C(F)(F)F.Cl. The maximum absolute atomic E-state index is 13.2. The normalized spacial score (nSPS) is 18.7. The van der Waals surface area contributed by atoms with Gasteiger partial charge < -0.3 is 10.1 Å². The van der Waals surface area contributed by atoms with Gasteiger partial charge in [0.25, 0.3) is 0 Å². The molecule has 1 aromatic rings. The number of ether oxygens (including phenoxy) is 1. The molecule has 0 bridgehead atoms. The predicted octanol–water partition coefficient (Wildman–Crippen LogP) is 4.71. The van der Waals surface area contributed by atoms with E-state index in [1.807, 2.05) is 6.92 Å². The molecule has 2 nitrogen and oxygen atoms in total. The minimum absolute atomic E-state index is 0. The van der Waals surface area contributed by atoms with Gasteiger partial charge in [-0.2, -0.15) is 13.2 Å². The van der Waals surface area contributed by atoms with E-state index in [9.17, 15) is 13.2 Å². The summed E-state index contributed by atoms with van der Waals surface area (Å²) >= 11 is 1.23. The van der Waals surface area contributed by atoms with Crippen LogP contribution in [0, 0.1) is 0 Å². The molecule has 1 aromatic carbocycles. The van der Waals surface area contributed by atoms with Crippen LogP contribution >= 0.6 is 24.2 Å². The van der Waals surface area contributed by atoms with E-state index in [1.54, 1.807) is 6.07 Å². The fraction of sp³-hybridized carbons (Fsp3) is 0.600. The highest BCUT2D eigenvalue weighted by Gasteiger charge is 2.35. The lowest BCUT2D eigenvalue weighted by Crippen LogP contribution is -2.28. The molecule has 1 aliphatic rings. The number of benzene rings is 1. The molecule has 22 heavy (non-hydrogen) atoms. The number of hydrogen-bond acceptors (Lipinski definition) is 3. The summed E-state index contributed by atoms with van der Waals surface area (Å²) in [5.41, 5.74) is 0.285. The zero-order valence-corrected chi connectivity index (χ0v) is 14.3. The molecule has 1 atom stereocenters. The van der Waals surface area contributed by atoms with Crippen LogP contribution in [0.1, 0.15) is 36.8 Å². The van der Waals surface area contributed by atoms with Crippen molar-refractivity contribution >= 4 is 24.2 Å². The summed E-state index contributed by atoms with van der Waals surface area (Å²) in [5, 5.41) is 3.30. The van der Waals surface area contributed by atoms with E-state index in [0.717, 1.165) is 37.6 Å². The van der Waals surface area contributed by atoms with E-state index in [4.69, 9.17) is 4.74 Å². The molecule has 7 heteroatoms. The third kappa shape index (κ3) is 4.46. The van der Waals surface area contributed by atoms with Crippen molar-refractivity contribution in [2.45, 2.75) is 36.8 Å². The third-order valence-corrected chi connectivity index (χ3v) is 4.61. The lowest BCUT2D eigenvalue weighted by Gasteiger charge is -2.26. The average Bonchev–Trinajstić information content (AvgIpc) is 2.47. The molecule has 2 rings (SSSR count). The second kappa shape index (κ2) is 8.31. The summed E-state index contributed by atoms with van der Waals surface area (Å²) in [6.07, 6.45) is -2.34. The van der Waals surface area contributed by atoms with E-state index in [1.165, 1.54) is 18.9 Å². The van der Waals surface area contributed by atoms with Crippen molar-refractivity contribution in [1.82, 2.24) is 5.32 Å². The van der Waals surface area contributed by atoms with Crippen molar-refractivity contribution in [2.24, 2.45) is 0 Å². The highest BCUT2D eigenvalue weighted by atomic mass is 35.5. The Balaban J connectivity index is 0.00000242. The van der Waals surface area contributed by atoms with Crippen LogP contribution in [-0.4, -0.2) is 26.0 Å². The molecule has 0 amide bonds. The lowest BCUT2D eigenvalue weighted by molar-refractivity contribution is -0.139. The number of thioether (sulfide) groups is 1. The number of piperidine rings is 1. The first-order valence-corrected chi connectivity index (χ1v) is 8.08. The first-order chi connectivity index (χ1) is 9.97. The van der Waals surface area contributed by atoms with Gasteiger partial charge in [-0.1, -0.05) is 6.92 Å². The highest BCUT2D eigenvalue weighted by Crippen LogP contribution is 2.43. The number of halogens is 4. The summed E-state index contributed by atoms with van der Waals surface area (Å²) in [6.45, 7) is 3.62. The number of alkyl halides is 3. The van der Waals surface area contributed by atoms with Gasteiger partial charge in [-0.15, -0.1) is 24.2 Å². The molecule has 1 fully saturated rings. The van der Waals surface area contributed by atoms with E-state index in [0.29, 0.717) is 16.4 Å². The monoisotopic (exact) mass is 355 g/mol. The summed E-state index contributed by atoms with van der Waals surface area (Å²) in [5.74, 6) is 1.17. The Hall–Kier alpha value is -0.590. The van der Waals surface area contributed by atoms with E-state index in [2.05, 4.69) is 5.32 Å². The van der Waals surface area contributed by atoms with Crippen LogP contribution in [0.5, 0.6) is 5.75 Å². The quantitative estimate of drug-likeness (QED) is 0.790. The molecule has 0 aromatic heterocycles. The van der Waals surface area contributed by atoms with E-state index < -0.39 is 11.7 Å². The van der Waals surface area contributed by atoms with Crippen molar-refractivity contribution in [3.8, 4) is 5.75 Å². The standard InChI is InChI=1S/C15H20F3NOS.ClH/c1-3-21-14-7-11(10-5-4-6-19-9-10)13(20-2)8-12(14)15(16,17)18;/h7-8,10,19H,3-6,9H2,1-2H3;1H/t10-;/m0./s1. The largest absolute Gasteiger partial charge is 0.496 e. The zero-order valence-electron chi connectivity index (χ0n) is 12.6. The molecule has 1 saturated heterocycles.